The third kappa shape index (κ3) is 3.84. The van der Waals surface area contributed by atoms with Crippen LogP contribution in [-0.4, -0.2) is 24.2 Å². The van der Waals surface area contributed by atoms with Crippen LogP contribution >= 0.6 is 0 Å². The first kappa shape index (κ1) is 19.6. The predicted molar refractivity (Wildman–Crippen MR) is 121 cm³/mol. The lowest BCUT2D eigenvalue weighted by molar-refractivity contribution is 0.142. The van der Waals surface area contributed by atoms with Crippen molar-refractivity contribution in [1.29, 1.82) is 0 Å². The molecule has 0 aromatic heterocycles. The number of hydrogen-bond acceptors (Lipinski definition) is 2. The second-order valence-electron chi connectivity index (χ2n) is 12.2. The van der Waals surface area contributed by atoms with Gasteiger partial charge in [0.1, 0.15) is 0 Å². The molecule has 0 spiro atoms. The van der Waals surface area contributed by atoms with Crippen molar-refractivity contribution in [3.8, 4) is 0 Å². The molecule has 0 radical (unpaired) electrons. The van der Waals surface area contributed by atoms with E-state index < -0.39 is 0 Å². The lowest BCUT2D eigenvalue weighted by atomic mass is 9.70. The molecule has 10 unspecified atom stereocenters. The SMILES string of the molecule is C1CC2CCCC(C3CCC(CC4CCC(C5CCCC6CCCC65)N4)N3)C2C1. The van der Waals surface area contributed by atoms with E-state index in [1.54, 1.807) is 38.5 Å². The fourth-order valence-electron chi connectivity index (χ4n) is 9.72. The van der Waals surface area contributed by atoms with Crippen molar-refractivity contribution < 1.29 is 0 Å². The largest absolute Gasteiger partial charge is 0.311 e. The zero-order chi connectivity index (χ0) is 19.2. The standard InChI is InChI=1S/C27H46N2/c1-5-18-7-3-11-24(22(18)9-1)26-15-13-20(28-26)17-21-14-16-27(29-21)25-12-4-8-19-6-2-10-23(19)25/h18-29H,1-17H2. The summed E-state index contributed by atoms with van der Waals surface area (Å²) < 4.78 is 0. The Hall–Kier alpha value is -0.0800. The van der Waals surface area contributed by atoms with Gasteiger partial charge in [0.25, 0.3) is 0 Å². The fourth-order valence-corrected chi connectivity index (χ4v) is 9.72. The highest BCUT2D eigenvalue weighted by molar-refractivity contribution is 5.00. The van der Waals surface area contributed by atoms with Gasteiger partial charge in [0.15, 0.2) is 0 Å². The Kier molecular flexibility index (Phi) is 5.71. The van der Waals surface area contributed by atoms with Gasteiger partial charge in [-0.1, -0.05) is 51.4 Å². The van der Waals surface area contributed by atoms with Gasteiger partial charge in [-0.05, 0) is 93.3 Å². The highest BCUT2D eigenvalue weighted by Crippen LogP contribution is 2.49. The van der Waals surface area contributed by atoms with Gasteiger partial charge in [0, 0.05) is 24.2 Å². The molecule has 10 atom stereocenters. The van der Waals surface area contributed by atoms with Crippen molar-refractivity contribution >= 4 is 0 Å². The molecule has 2 nitrogen and oxygen atoms in total. The van der Waals surface area contributed by atoms with Crippen molar-refractivity contribution in [2.75, 3.05) is 0 Å². The summed E-state index contributed by atoms with van der Waals surface area (Å²) in [7, 11) is 0. The fraction of sp³-hybridized carbons (Fsp3) is 1.00. The van der Waals surface area contributed by atoms with E-state index in [9.17, 15) is 0 Å². The average molecular weight is 399 g/mol. The molecule has 164 valence electrons. The average Bonchev–Trinajstić information content (AvgIpc) is 3.53. The summed E-state index contributed by atoms with van der Waals surface area (Å²) in [6.45, 7) is 0. The Morgan fingerprint density at radius 1 is 0.414 bits per heavy atom. The maximum absolute atomic E-state index is 4.19. The summed E-state index contributed by atoms with van der Waals surface area (Å²) in [5, 5.41) is 8.38. The van der Waals surface area contributed by atoms with Crippen molar-refractivity contribution in [3.05, 3.63) is 0 Å². The molecular formula is C27H46N2. The zero-order valence-electron chi connectivity index (χ0n) is 18.8. The van der Waals surface area contributed by atoms with Crippen LogP contribution < -0.4 is 10.6 Å². The lowest BCUT2D eigenvalue weighted by Gasteiger charge is -2.38. The molecule has 2 N–H and O–H groups in total. The number of rotatable bonds is 4. The number of hydrogen-bond donors (Lipinski definition) is 2. The Morgan fingerprint density at radius 2 is 0.828 bits per heavy atom. The second kappa shape index (κ2) is 8.45. The summed E-state index contributed by atoms with van der Waals surface area (Å²) >= 11 is 0. The van der Waals surface area contributed by atoms with E-state index in [0.717, 1.165) is 59.7 Å². The van der Waals surface area contributed by atoms with Crippen LogP contribution in [0.4, 0.5) is 0 Å². The highest BCUT2D eigenvalue weighted by Gasteiger charge is 2.44. The molecule has 4 saturated carbocycles. The van der Waals surface area contributed by atoms with Gasteiger partial charge < -0.3 is 10.6 Å². The minimum Gasteiger partial charge on any atom is -0.311 e. The molecule has 4 aliphatic carbocycles. The molecule has 29 heavy (non-hydrogen) atoms. The Morgan fingerprint density at radius 3 is 1.28 bits per heavy atom. The summed E-state index contributed by atoms with van der Waals surface area (Å²) in [6, 6.07) is 3.34. The second-order valence-corrected chi connectivity index (χ2v) is 12.2. The van der Waals surface area contributed by atoms with E-state index in [1.807, 2.05) is 0 Å². The van der Waals surface area contributed by atoms with Gasteiger partial charge in [-0.3, -0.25) is 0 Å². The molecule has 0 aromatic carbocycles. The zero-order valence-corrected chi connectivity index (χ0v) is 18.8. The monoisotopic (exact) mass is 398 g/mol. The highest BCUT2D eigenvalue weighted by atomic mass is 15.0. The molecule has 0 aromatic rings. The number of nitrogens with one attached hydrogen (secondary N) is 2. The van der Waals surface area contributed by atoms with Gasteiger partial charge in [-0.15, -0.1) is 0 Å². The molecule has 2 heterocycles. The Labute approximate surface area is 179 Å². The van der Waals surface area contributed by atoms with Gasteiger partial charge in [0.2, 0.25) is 0 Å². The van der Waals surface area contributed by atoms with Crippen molar-refractivity contribution in [3.63, 3.8) is 0 Å². The Balaban J connectivity index is 1.01. The van der Waals surface area contributed by atoms with Crippen molar-refractivity contribution in [2.24, 2.45) is 35.5 Å². The Bertz CT molecular complexity index is 513. The maximum Gasteiger partial charge on any atom is 0.0101 e. The van der Waals surface area contributed by atoms with Crippen LogP contribution in [0.25, 0.3) is 0 Å². The summed E-state index contributed by atoms with van der Waals surface area (Å²) in [5.41, 5.74) is 0. The minimum absolute atomic E-state index is 0.809. The maximum atomic E-state index is 4.19. The molecule has 0 bridgehead atoms. The molecule has 6 aliphatic rings. The number of fused-ring (bicyclic) bond motifs is 2. The smallest absolute Gasteiger partial charge is 0.0101 e. The summed E-state index contributed by atoms with van der Waals surface area (Å²) in [4.78, 5) is 0. The molecule has 2 heteroatoms. The first-order valence-electron chi connectivity index (χ1n) is 13.9. The van der Waals surface area contributed by atoms with E-state index in [2.05, 4.69) is 10.6 Å². The van der Waals surface area contributed by atoms with Crippen LogP contribution in [0.15, 0.2) is 0 Å². The molecule has 2 aliphatic heterocycles. The third-order valence-electron chi connectivity index (χ3n) is 10.9. The van der Waals surface area contributed by atoms with E-state index in [4.69, 9.17) is 0 Å². The van der Waals surface area contributed by atoms with Crippen LogP contribution in [0.5, 0.6) is 0 Å². The van der Waals surface area contributed by atoms with Gasteiger partial charge in [-0.2, -0.15) is 0 Å². The van der Waals surface area contributed by atoms with Crippen LogP contribution in [-0.2, 0) is 0 Å². The third-order valence-corrected chi connectivity index (χ3v) is 10.9. The minimum atomic E-state index is 0.809. The quantitative estimate of drug-likeness (QED) is 0.602. The van der Waals surface area contributed by atoms with Gasteiger partial charge in [-0.25, -0.2) is 0 Å². The van der Waals surface area contributed by atoms with Crippen LogP contribution in [0.1, 0.15) is 109 Å². The molecular weight excluding hydrogens is 352 g/mol. The molecule has 6 rings (SSSR count). The lowest BCUT2D eigenvalue weighted by Crippen LogP contribution is -2.44. The molecule has 2 saturated heterocycles. The normalized spacial score (nSPS) is 52.6. The van der Waals surface area contributed by atoms with Crippen molar-refractivity contribution in [1.82, 2.24) is 10.6 Å². The summed E-state index contributed by atoms with van der Waals surface area (Å²) in [5.74, 6) is 6.40. The van der Waals surface area contributed by atoms with Crippen LogP contribution in [0, 0.1) is 35.5 Å². The molecule has 0 amide bonds. The van der Waals surface area contributed by atoms with Gasteiger partial charge >= 0.3 is 0 Å². The molecule has 6 fully saturated rings. The van der Waals surface area contributed by atoms with Gasteiger partial charge in [0.05, 0.1) is 0 Å². The van der Waals surface area contributed by atoms with E-state index in [-0.39, 0.29) is 0 Å². The predicted octanol–water partition coefficient (Wildman–Crippen LogP) is 6.05. The van der Waals surface area contributed by atoms with E-state index in [1.165, 1.54) is 70.6 Å². The topological polar surface area (TPSA) is 24.1 Å². The van der Waals surface area contributed by atoms with E-state index in [0.29, 0.717) is 0 Å². The van der Waals surface area contributed by atoms with Crippen LogP contribution in [0.2, 0.25) is 0 Å². The summed E-state index contributed by atoms with van der Waals surface area (Å²) in [6.07, 6.45) is 25.7. The first-order valence-corrected chi connectivity index (χ1v) is 13.9. The van der Waals surface area contributed by atoms with Crippen LogP contribution in [0.3, 0.4) is 0 Å². The van der Waals surface area contributed by atoms with E-state index >= 15 is 0 Å². The first-order chi connectivity index (χ1) is 14.3. The van der Waals surface area contributed by atoms with Crippen molar-refractivity contribution in [2.45, 2.75) is 133 Å².